The van der Waals surface area contributed by atoms with Gasteiger partial charge in [-0.15, -0.1) is 6.58 Å². The van der Waals surface area contributed by atoms with Crippen LogP contribution in [0.4, 0.5) is 0 Å². The molecule has 1 aliphatic rings. The fourth-order valence-corrected chi connectivity index (χ4v) is 2.14. The average molecular weight is 191 g/mol. The third-order valence-corrected chi connectivity index (χ3v) is 3.03. The number of hydrogen-bond acceptors (Lipinski definition) is 2. The molecule has 0 aromatic carbocycles. The zero-order valence-corrected chi connectivity index (χ0v) is 8.66. The number of rotatable bonds is 3. The summed E-state index contributed by atoms with van der Waals surface area (Å²) in [4.78, 5) is 4.22. The van der Waals surface area contributed by atoms with Gasteiger partial charge in [0.2, 0.25) is 0 Å². The molecule has 0 radical (unpaired) electrons. The molecule has 1 fully saturated rings. The molecular weight excluding hydrogens is 174 g/mol. The molecular formula is C11H17N3. The van der Waals surface area contributed by atoms with Gasteiger partial charge >= 0.3 is 0 Å². The van der Waals surface area contributed by atoms with Crippen LogP contribution >= 0.6 is 0 Å². The van der Waals surface area contributed by atoms with Gasteiger partial charge < -0.3 is 9.88 Å². The van der Waals surface area contributed by atoms with E-state index >= 15 is 0 Å². The molecule has 76 valence electrons. The van der Waals surface area contributed by atoms with Gasteiger partial charge in [-0.05, 0) is 13.0 Å². The van der Waals surface area contributed by atoms with Gasteiger partial charge in [0.1, 0.15) is 0 Å². The Balaban J connectivity index is 2.29. The van der Waals surface area contributed by atoms with Gasteiger partial charge in [0.15, 0.2) is 0 Å². The first-order valence-corrected chi connectivity index (χ1v) is 5.08. The number of nitrogens with zero attached hydrogens (tertiary/aromatic N) is 2. The Morgan fingerprint density at radius 3 is 3.29 bits per heavy atom. The summed E-state index contributed by atoms with van der Waals surface area (Å²) < 4.78 is 2.18. The van der Waals surface area contributed by atoms with Gasteiger partial charge in [-0.2, -0.15) is 0 Å². The van der Waals surface area contributed by atoms with Crippen LogP contribution in [0.2, 0.25) is 0 Å². The van der Waals surface area contributed by atoms with E-state index in [-0.39, 0.29) is 5.41 Å². The van der Waals surface area contributed by atoms with Crippen molar-refractivity contribution in [1.82, 2.24) is 14.9 Å². The molecule has 1 saturated heterocycles. The average Bonchev–Trinajstić information content (AvgIpc) is 2.75. The zero-order valence-electron chi connectivity index (χ0n) is 8.66. The first-order valence-electron chi connectivity index (χ1n) is 5.08. The SMILES string of the molecule is C=CCn1cncc1C1(C)CCNC1. The Morgan fingerprint density at radius 1 is 1.79 bits per heavy atom. The molecule has 2 rings (SSSR count). The third kappa shape index (κ3) is 1.48. The van der Waals surface area contributed by atoms with Crippen molar-refractivity contribution < 1.29 is 0 Å². The maximum absolute atomic E-state index is 4.22. The Labute approximate surface area is 84.8 Å². The lowest BCUT2D eigenvalue weighted by Crippen LogP contribution is -2.27. The largest absolute Gasteiger partial charge is 0.330 e. The summed E-state index contributed by atoms with van der Waals surface area (Å²) in [7, 11) is 0. The van der Waals surface area contributed by atoms with Crippen LogP contribution in [-0.2, 0) is 12.0 Å². The van der Waals surface area contributed by atoms with Gasteiger partial charge in [-0.3, -0.25) is 0 Å². The van der Waals surface area contributed by atoms with Crippen LogP contribution in [-0.4, -0.2) is 22.6 Å². The second-order valence-corrected chi connectivity index (χ2v) is 4.21. The van der Waals surface area contributed by atoms with Crippen LogP contribution < -0.4 is 5.32 Å². The Bertz CT molecular complexity index is 321. The van der Waals surface area contributed by atoms with E-state index in [0.717, 1.165) is 19.6 Å². The smallest absolute Gasteiger partial charge is 0.0951 e. The topological polar surface area (TPSA) is 29.9 Å². The maximum Gasteiger partial charge on any atom is 0.0951 e. The van der Waals surface area contributed by atoms with Crippen LogP contribution in [0.15, 0.2) is 25.2 Å². The predicted octanol–water partition coefficient (Wildman–Crippen LogP) is 1.32. The van der Waals surface area contributed by atoms with E-state index in [1.54, 1.807) is 0 Å². The molecule has 1 unspecified atom stereocenters. The molecule has 1 aromatic rings. The van der Waals surface area contributed by atoms with Gasteiger partial charge in [0.05, 0.1) is 6.33 Å². The molecule has 3 nitrogen and oxygen atoms in total. The minimum Gasteiger partial charge on any atom is -0.330 e. The summed E-state index contributed by atoms with van der Waals surface area (Å²) in [6, 6.07) is 0. The number of allylic oxidation sites excluding steroid dienone is 1. The number of nitrogens with one attached hydrogen (secondary N) is 1. The fourth-order valence-electron chi connectivity index (χ4n) is 2.14. The lowest BCUT2D eigenvalue weighted by atomic mass is 9.86. The van der Waals surface area contributed by atoms with Crippen LogP contribution in [0.5, 0.6) is 0 Å². The Kier molecular flexibility index (Phi) is 2.42. The first-order chi connectivity index (χ1) is 6.76. The number of aromatic nitrogens is 2. The molecule has 0 amide bonds. The van der Waals surface area contributed by atoms with Gasteiger partial charge in [-0.1, -0.05) is 13.0 Å². The van der Waals surface area contributed by atoms with Crippen molar-refractivity contribution in [3.05, 3.63) is 30.9 Å². The zero-order chi connectivity index (χ0) is 10.0. The summed E-state index contributed by atoms with van der Waals surface area (Å²) in [5.74, 6) is 0. The normalized spacial score (nSPS) is 26.6. The van der Waals surface area contributed by atoms with Gasteiger partial charge in [-0.25, -0.2) is 4.98 Å². The van der Waals surface area contributed by atoms with E-state index in [4.69, 9.17) is 0 Å². The van der Waals surface area contributed by atoms with Crippen LogP contribution in [0, 0.1) is 0 Å². The number of imidazole rings is 1. The highest BCUT2D eigenvalue weighted by molar-refractivity contribution is 5.17. The molecule has 1 atom stereocenters. The third-order valence-electron chi connectivity index (χ3n) is 3.03. The van der Waals surface area contributed by atoms with Crippen molar-refractivity contribution in [2.75, 3.05) is 13.1 Å². The van der Waals surface area contributed by atoms with E-state index < -0.39 is 0 Å². The van der Waals surface area contributed by atoms with E-state index in [1.165, 1.54) is 12.1 Å². The first kappa shape index (κ1) is 9.46. The molecule has 2 heterocycles. The monoisotopic (exact) mass is 191 g/mol. The van der Waals surface area contributed by atoms with E-state index in [2.05, 4.69) is 28.4 Å². The van der Waals surface area contributed by atoms with Crippen LogP contribution in [0.3, 0.4) is 0 Å². The lowest BCUT2D eigenvalue weighted by Gasteiger charge is -2.23. The van der Waals surface area contributed by atoms with Crippen molar-refractivity contribution in [1.29, 1.82) is 0 Å². The maximum atomic E-state index is 4.22. The minimum atomic E-state index is 0.250. The molecule has 0 bridgehead atoms. The molecule has 0 aliphatic carbocycles. The van der Waals surface area contributed by atoms with E-state index in [9.17, 15) is 0 Å². The van der Waals surface area contributed by atoms with E-state index in [0.29, 0.717) is 0 Å². The molecule has 1 aromatic heterocycles. The second-order valence-electron chi connectivity index (χ2n) is 4.21. The van der Waals surface area contributed by atoms with Crippen LogP contribution in [0.25, 0.3) is 0 Å². The highest BCUT2D eigenvalue weighted by atomic mass is 15.1. The summed E-state index contributed by atoms with van der Waals surface area (Å²) in [6.07, 6.45) is 6.98. The lowest BCUT2D eigenvalue weighted by molar-refractivity contribution is 0.483. The standard InChI is InChI=1S/C11H17N3/c1-3-6-14-9-13-7-10(14)11(2)4-5-12-8-11/h3,7,9,12H,1,4-6,8H2,2H3. The van der Waals surface area contributed by atoms with Crippen molar-refractivity contribution in [2.45, 2.75) is 25.3 Å². The summed E-state index contributed by atoms with van der Waals surface area (Å²) >= 11 is 0. The molecule has 1 N–H and O–H groups in total. The Morgan fingerprint density at radius 2 is 2.64 bits per heavy atom. The minimum absolute atomic E-state index is 0.250. The summed E-state index contributed by atoms with van der Waals surface area (Å²) in [5, 5.41) is 3.40. The van der Waals surface area contributed by atoms with Crippen molar-refractivity contribution in [3.8, 4) is 0 Å². The molecule has 14 heavy (non-hydrogen) atoms. The van der Waals surface area contributed by atoms with E-state index in [1.807, 2.05) is 18.6 Å². The second kappa shape index (κ2) is 3.58. The molecule has 1 aliphatic heterocycles. The highest BCUT2D eigenvalue weighted by Crippen LogP contribution is 2.29. The summed E-state index contributed by atoms with van der Waals surface area (Å²) in [6.45, 7) is 9.07. The van der Waals surface area contributed by atoms with Gasteiger partial charge in [0, 0.05) is 30.4 Å². The molecule has 0 spiro atoms. The molecule has 3 heteroatoms. The predicted molar refractivity (Wildman–Crippen MR) is 57.3 cm³/mol. The number of hydrogen-bond donors (Lipinski definition) is 1. The van der Waals surface area contributed by atoms with Gasteiger partial charge in [0.25, 0.3) is 0 Å². The van der Waals surface area contributed by atoms with Crippen molar-refractivity contribution in [2.24, 2.45) is 0 Å². The highest BCUT2D eigenvalue weighted by Gasteiger charge is 2.32. The van der Waals surface area contributed by atoms with Crippen molar-refractivity contribution in [3.63, 3.8) is 0 Å². The quantitative estimate of drug-likeness (QED) is 0.730. The van der Waals surface area contributed by atoms with Crippen LogP contribution in [0.1, 0.15) is 19.0 Å². The fraction of sp³-hybridized carbons (Fsp3) is 0.545. The summed E-state index contributed by atoms with van der Waals surface area (Å²) in [5.41, 5.74) is 1.57. The van der Waals surface area contributed by atoms with Crippen molar-refractivity contribution >= 4 is 0 Å². The Hall–Kier alpha value is -1.09. The molecule has 0 saturated carbocycles.